The maximum Gasteiger partial charge on any atom is 0.159 e. The van der Waals surface area contributed by atoms with Crippen molar-refractivity contribution in [1.29, 1.82) is 0 Å². The van der Waals surface area contributed by atoms with Gasteiger partial charge in [-0.3, -0.25) is 0 Å². The van der Waals surface area contributed by atoms with E-state index in [1.807, 2.05) is 0 Å². The minimum Gasteiger partial charge on any atom is -0.374 e. The smallest absolute Gasteiger partial charge is 0.159 e. The van der Waals surface area contributed by atoms with E-state index in [1.54, 1.807) is 0 Å². The van der Waals surface area contributed by atoms with Crippen LogP contribution in [0.2, 0.25) is 0 Å². The van der Waals surface area contributed by atoms with Crippen molar-refractivity contribution >= 4 is 0 Å². The van der Waals surface area contributed by atoms with Crippen LogP contribution in [0.1, 0.15) is 11.7 Å². The summed E-state index contributed by atoms with van der Waals surface area (Å²) in [5, 5.41) is 10.5. The van der Waals surface area contributed by atoms with Gasteiger partial charge in [0.25, 0.3) is 0 Å². The van der Waals surface area contributed by atoms with E-state index in [1.165, 1.54) is 13.2 Å². The molecule has 0 heterocycles. The molecule has 2 nitrogen and oxygen atoms in total. The Labute approximate surface area is 74.8 Å². The van der Waals surface area contributed by atoms with Crippen LogP contribution in [0.25, 0.3) is 0 Å². The van der Waals surface area contributed by atoms with Gasteiger partial charge in [-0.1, -0.05) is 6.07 Å². The highest BCUT2D eigenvalue weighted by atomic mass is 19.2. The van der Waals surface area contributed by atoms with Gasteiger partial charge in [0.15, 0.2) is 11.6 Å². The Hall–Kier alpha value is -1.00. The molecule has 0 N–H and O–H groups in total. The van der Waals surface area contributed by atoms with Gasteiger partial charge in [0.2, 0.25) is 0 Å². The standard InChI is InChI=1S/C9H9F2O2/c1-13-9(5-12)6-2-3-7(10)8(11)4-6/h2-4,9H,5H2,1H3. The first-order chi connectivity index (χ1) is 6.19. The molecule has 0 fully saturated rings. The Morgan fingerprint density at radius 2 is 2.08 bits per heavy atom. The summed E-state index contributed by atoms with van der Waals surface area (Å²) in [6.07, 6.45) is -0.713. The predicted molar refractivity (Wildman–Crippen MR) is 41.7 cm³/mol. The topological polar surface area (TPSA) is 29.1 Å². The van der Waals surface area contributed by atoms with E-state index in [0.29, 0.717) is 5.56 Å². The number of benzene rings is 1. The summed E-state index contributed by atoms with van der Waals surface area (Å²) in [6, 6.07) is 3.29. The third-order valence-electron chi connectivity index (χ3n) is 1.75. The monoisotopic (exact) mass is 187 g/mol. The minimum atomic E-state index is -0.965. The van der Waals surface area contributed by atoms with Gasteiger partial charge in [-0.25, -0.2) is 13.9 Å². The molecule has 0 aromatic heterocycles. The van der Waals surface area contributed by atoms with Crippen molar-refractivity contribution in [3.05, 3.63) is 35.4 Å². The zero-order valence-corrected chi connectivity index (χ0v) is 7.09. The lowest BCUT2D eigenvalue weighted by Crippen LogP contribution is -2.06. The first kappa shape index (κ1) is 10.1. The molecular formula is C9H9F2O2. The van der Waals surface area contributed by atoms with E-state index in [4.69, 9.17) is 4.74 Å². The van der Waals surface area contributed by atoms with Crippen molar-refractivity contribution in [2.24, 2.45) is 0 Å². The molecular weight excluding hydrogens is 178 g/mol. The molecule has 0 saturated heterocycles. The quantitative estimate of drug-likeness (QED) is 0.712. The van der Waals surface area contributed by atoms with Crippen molar-refractivity contribution < 1.29 is 18.6 Å². The number of rotatable bonds is 3. The molecule has 0 spiro atoms. The molecule has 1 radical (unpaired) electrons. The summed E-state index contributed by atoms with van der Waals surface area (Å²) in [7, 11) is 1.35. The summed E-state index contributed by atoms with van der Waals surface area (Å²) in [5.41, 5.74) is 0.358. The maximum atomic E-state index is 12.7. The van der Waals surface area contributed by atoms with Crippen molar-refractivity contribution in [2.45, 2.75) is 6.10 Å². The molecule has 1 aromatic rings. The summed E-state index contributed by atoms with van der Waals surface area (Å²) < 4.78 is 29.9. The van der Waals surface area contributed by atoms with Gasteiger partial charge in [0.05, 0.1) is 0 Å². The lowest BCUT2D eigenvalue weighted by molar-refractivity contribution is 0.0192. The molecule has 1 atom stereocenters. The van der Waals surface area contributed by atoms with Crippen LogP contribution in [-0.4, -0.2) is 13.7 Å². The van der Waals surface area contributed by atoms with Gasteiger partial charge in [0, 0.05) is 7.11 Å². The fourth-order valence-corrected chi connectivity index (χ4v) is 1.01. The van der Waals surface area contributed by atoms with Gasteiger partial charge >= 0.3 is 0 Å². The van der Waals surface area contributed by atoms with Gasteiger partial charge < -0.3 is 4.74 Å². The molecule has 0 aliphatic heterocycles. The fourth-order valence-electron chi connectivity index (χ4n) is 1.01. The third kappa shape index (κ3) is 2.23. The normalized spacial score (nSPS) is 12.9. The number of methoxy groups -OCH3 is 1. The van der Waals surface area contributed by atoms with Gasteiger partial charge in [-0.15, -0.1) is 0 Å². The van der Waals surface area contributed by atoms with Gasteiger partial charge in [0.1, 0.15) is 12.7 Å². The highest BCUT2D eigenvalue weighted by Crippen LogP contribution is 2.18. The molecule has 0 saturated carbocycles. The lowest BCUT2D eigenvalue weighted by Gasteiger charge is -2.11. The Kier molecular flexibility index (Phi) is 3.33. The highest BCUT2D eigenvalue weighted by molar-refractivity contribution is 5.20. The second-order valence-corrected chi connectivity index (χ2v) is 2.56. The molecule has 4 heteroatoms. The van der Waals surface area contributed by atoms with Crippen LogP contribution in [0, 0.1) is 11.6 Å². The zero-order valence-electron chi connectivity index (χ0n) is 7.09. The highest BCUT2D eigenvalue weighted by Gasteiger charge is 2.12. The van der Waals surface area contributed by atoms with E-state index >= 15 is 0 Å². The molecule has 0 aliphatic rings. The Balaban J connectivity index is 2.95. The molecule has 1 rings (SSSR count). The largest absolute Gasteiger partial charge is 0.374 e. The number of hydrogen-bond acceptors (Lipinski definition) is 1. The number of hydrogen-bond donors (Lipinski definition) is 0. The lowest BCUT2D eigenvalue weighted by atomic mass is 10.1. The van der Waals surface area contributed by atoms with Gasteiger partial charge in [-0.05, 0) is 17.7 Å². The minimum absolute atomic E-state index is 0.358. The Morgan fingerprint density at radius 1 is 1.38 bits per heavy atom. The number of ether oxygens (including phenoxy) is 1. The van der Waals surface area contributed by atoms with Crippen LogP contribution in [0.3, 0.4) is 0 Å². The van der Waals surface area contributed by atoms with Crippen LogP contribution < -0.4 is 0 Å². The van der Waals surface area contributed by atoms with Crippen LogP contribution in [0.15, 0.2) is 18.2 Å². The average Bonchev–Trinajstić information content (AvgIpc) is 2.13. The van der Waals surface area contributed by atoms with E-state index in [-0.39, 0.29) is 0 Å². The molecule has 0 aliphatic carbocycles. The fraction of sp³-hybridized carbons (Fsp3) is 0.333. The zero-order chi connectivity index (χ0) is 9.84. The van der Waals surface area contributed by atoms with Crippen molar-refractivity contribution in [3.63, 3.8) is 0 Å². The van der Waals surface area contributed by atoms with Crippen molar-refractivity contribution in [2.75, 3.05) is 13.7 Å². The van der Waals surface area contributed by atoms with Crippen molar-refractivity contribution in [1.82, 2.24) is 0 Å². The Bertz CT molecular complexity index is 285. The van der Waals surface area contributed by atoms with E-state index in [9.17, 15) is 13.9 Å². The van der Waals surface area contributed by atoms with E-state index in [2.05, 4.69) is 0 Å². The molecule has 1 aromatic carbocycles. The maximum absolute atomic E-state index is 12.7. The van der Waals surface area contributed by atoms with Crippen LogP contribution in [0.4, 0.5) is 8.78 Å². The molecule has 0 bridgehead atoms. The Morgan fingerprint density at radius 3 is 2.54 bits per heavy atom. The van der Waals surface area contributed by atoms with Gasteiger partial charge in [-0.2, -0.15) is 0 Å². The van der Waals surface area contributed by atoms with E-state index < -0.39 is 24.3 Å². The summed E-state index contributed by atoms with van der Waals surface area (Å²) in [6.45, 7) is -0.512. The summed E-state index contributed by atoms with van der Waals surface area (Å²) in [4.78, 5) is 0. The molecule has 1 unspecified atom stereocenters. The van der Waals surface area contributed by atoms with Crippen LogP contribution in [-0.2, 0) is 9.84 Å². The predicted octanol–water partition coefficient (Wildman–Crippen LogP) is 2.08. The first-order valence-electron chi connectivity index (χ1n) is 3.75. The molecule has 71 valence electrons. The summed E-state index contributed by atoms with van der Waals surface area (Å²) in [5.74, 6) is -1.89. The van der Waals surface area contributed by atoms with E-state index in [0.717, 1.165) is 12.1 Å². The number of halogens is 2. The second kappa shape index (κ2) is 4.30. The first-order valence-corrected chi connectivity index (χ1v) is 3.75. The molecule has 13 heavy (non-hydrogen) atoms. The second-order valence-electron chi connectivity index (χ2n) is 2.56. The van der Waals surface area contributed by atoms with Crippen LogP contribution in [0.5, 0.6) is 0 Å². The molecule has 0 amide bonds. The van der Waals surface area contributed by atoms with Crippen LogP contribution >= 0.6 is 0 Å². The summed E-state index contributed by atoms with van der Waals surface area (Å²) >= 11 is 0. The SMILES string of the molecule is COC(C[O])c1ccc(F)c(F)c1. The average molecular weight is 187 g/mol. The van der Waals surface area contributed by atoms with Crippen molar-refractivity contribution in [3.8, 4) is 0 Å². The third-order valence-corrected chi connectivity index (χ3v) is 1.75.